The summed E-state index contributed by atoms with van der Waals surface area (Å²) < 4.78 is 1.65. The number of para-hydroxylation sites is 1. The molecule has 3 rings (SSSR count). The summed E-state index contributed by atoms with van der Waals surface area (Å²) in [4.78, 5) is 0.835. The van der Waals surface area contributed by atoms with Crippen LogP contribution in [0.5, 0.6) is 0 Å². The van der Waals surface area contributed by atoms with Crippen LogP contribution in [0.2, 0.25) is 0 Å². The van der Waals surface area contributed by atoms with Crippen molar-refractivity contribution in [3.05, 3.63) is 60.2 Å². The van der Waals surface area contributed by atoms with Gasteiger partial charge in [0.2, 0.25) is 5.16 Å². The van der Waals surface area contributed by atoms with Gasteiger partial charge in [0.25, 0.3) is 0 Å². The van der Waals surface area contributed by atoms with Crippen molar-refractivity contribution in [3.8, 4) is 11.8 Å². The number of rotatable bonds is 3. The summed E-state index contributed by atoms with van der Waals surface area (Å²) in [5, 5.41) is 21.5. The summed E-state index contributed by atoms with van der Waals surface area (Å²) in [6.07, 6.45) is 0. The van der Waals surface area contributed by atoms with E-state index in [-0.39, 0.29) is 0 Å². The molecular formula is C14H9N5S. The molecular weight excluding hydrogens is 270 g/mol. The molecule has 96 valence electrons. The van der Waals surface area contributed by atoms with Crippen LogP contribution >= 0.6 is 11.8 Å². The average molecular weight is 279 g/mol. The highest BCUT2D eigenvalue weighted by Crippen LogP contribution is 2.29. The lowest BCUT2D eigenvalue weighted by Crippen LogP contribution is -1.98. The third-order valence-electron chi connectivity index (χ3n) is 2.65. The number of tetrazole rings is 1. The van der Waals surface area contributed by atoms with Crippen molar-refractivity contribution in [1.82, 2.24) is 20.2 Å². The first-order valence-corrected chi connectivity index (χ1v) is 6.71. The molecule has 0 spiro atoms. The lowest BCUT2D eigenvalue weighted by molar-refractivity contribution is 0.756. The highest BCUT2D eigenvalue weighted by Gasteiger charge is 2.11. The molecule has 5 nitrogen and oxygen atoms in total. The molecule has 0 saturated heterocycles. The molecule has 0 fully saturated rings. The standard InChI is InChI=1S/C14H9N5S/c15-10-11-6-4-5-9-13(11)20-14-16-17-18-19(14)12-7-2-1-3-8-12/h1-9H. The van der Waals surface area contributed by atoms with Gasteiger partial charge >= 0.3 is 0 Å². The van der Waals surface area contributed by atoms with E-state index in [0.717, 1.165) is 10.6 Å². The second-order valence-corrected chi connectivity index (χ2v) is 4.93. The van der Waals surface area contributed by atoms with E-state index in [9.17, 15) is 0 Å². The van der Waals surface area contributed by atoms with E-state index in [1.54, 1.807) is 10.7 Å². The smallest absolute Gasteiger partial charge is 0.192 e. The first-order valence-electron chi connectivity index (χ1n) is 5.89. The van der Waals surface area contributed by atoms with Crippen molar-refractivity contribution in [2.45, 2.75) is 10.1 Å². The van der Waals surface area contributed by atoms with Crippen LogP contribution < -0.4 is 0 Å². The third-order valence-corrected chi connectivity index (χ3v) is 3.66. The van der Waals surface area contributed by atoms with Gasteiger partial charge < -0.3 is 0 Å². The van der Waals surface area contributed by atoms with Gasteiger partial charge in [-0.3, -0.25) is 0 Å². The van der Waals surface area contributed by atoms with E-state index in [4.69, 9.17) is 5.26 Å². The summed E-state index contributed by atoms with van der Waals surface area (Å²) >= 11 is 1.37. The zero-order valence-electron chi connectivity index (χ0n) is 10.3. The van der Waals surface area contributed by atoms with Crippen LogP contribution in [0.3, 0.4) is 0 Å². The predicted octanol–water partition coefficient (Wildman–Crippen LogP) is 2.69. The van der Waals surface area contributed by atoms with E-state index in [1.807, 2.05) is 48.5 Å². The van der Waals surface area contributed by atoms with Gasteiger partial charge in [0, 0.05) is 4.90 Å². The normalized spacial score (nSPS) is 10.2. The van der Waals surface area contributed by atoms with Crippen molar-refractivity contribution in [2.75, 3.05) is 0 Å². The van der Waals surface area contributed by atoms with Gasteiger partial charge in [0.05, 0.1) is 11.3 Å². The third kappa shape index (κ3) is 2.39. The van der Waals surface area contributed by atoms with Crippen LogP contribution in [0.15, 0.2) is 64.6 Å². The Morgan fingerprint density at radius 2 is 1.75 bits per heavy atom. The van der Waals surface area contributed by atoms with Gasteiger partial charge in [-0.2, -0.15) is 9.94 Å². The number of hydrogen-bond acceptors (Lipinski definition) is 5. The lowest BCUT2D eigenvalue weighted by atomic mass is 10.2. The summed E-state index contributed by atoms with van der Waals surface area (Å²) in [6.45, 7) is 0. The lowest BCUT2D eigenvalue weighted by Gasteiger charge is -2.04. The van der Waals surface area contributed by atoms with Crippen LogP contribution in [0.25, 0.3) is 5.69 Å². The fourth-order valence-corrected chi connectivity index (χ4v) is 2.59. The molecule has 2 aromatic carbocycles. The molecule has 20 heavy (non-hydrogen) atoms. The number of nitrogens with zero attached hydrogens (tertiary/aromatic N) is 5. The number of nitriles is 1. The Hall–Kier alpha value is -2.65. The highest BCUT2D eigenvalue weighted by atomic mass is 32.2. The van der Waals surface area contributed by atoms with Gasteiger partial charge in [-0.25, -0.2) is 0 Å². The minimum absolute atomic E-state index is 0.611. The fraction of sp³-hybridized carbons (Fsp3) is 0. The molecule has 0 unspecified atom stereocenters. The zero-order chi connectivity index (χ0) is 13.8. The van der Waals surface area contributed by atoms with E-state index in [0.29, 0.717) is 10.7 Å². The van der Waals surface area contributed by atoms with Crippen LogP contribution in [0, 0.1) is 11.3 Å². The molecule has 0 N–H and O–H groups in total. The highest BCUT2D eigenvalue weighted by molar-refractivity contribution is 7.99. The van der Waals surface area contributed by atoms with Gasteiger partial charge in [0.15, 0.2) is 0 Å². The maximum Gasteiger partial charge on any atom is 0.218 e. The Balaban J connectivity index is 1.98. The van der Waals surface area contributed by atoms with Crippen LogP contribution in [-0.4, -0.2) is 20.2 Å². The van der Waals surface area contributed by atoms with Crippen LogP contribution in [0.4, 0.5) is 0 Å². The summed E-state index contributed by atoms with van der Waals surface area (Å²) in [5.74, 6) is 0. The molecule has 0 bridgehead atoms. The first-order chi connectivity index (χ1) is 9.88. The monoisotopic (exact) mass is 279 g/mol. The molecule has 3 aromatic rings. The summed E-state index contributed by atoms with van der Waals surface area (Å²) in [6, 6.07) is 19.2. The maximum atomic E-state index is 9.11. The second-order valence-electron chi connectivity index (χ2n) is 3.92. The van der Waals surface area contributed by atoms with Gasteiger partial charge in [0.1, 0.15) is 6.07 Å². The van der Waals surface area contributed by atoms with E-state index in [2.05, 4.69) is 21.6 Å². The quantitative estimate of drug-likeness (QED) is 0.737. The Bertz CT molecular complexity index is 760. The number of benzene rings is 2. The van der Waals surface area contributed by atoms with E-state index in [1.165, 1.54) is 11.8 Å². The van der Waals surface area contributed by atoms with Crippen molar-refractivity contribution in [1.29, 1.82) is 5.26 Å². The molecule has 0 amide bonds. The maximum absolute atomic E-state index is 9.11. The van der Waals surface area contributed by atoms with Crippen molar-refractivity contribution < 1.29 is 0 Å². The van der Waals surface area contributed by atoms with Crippen molar-refractivity contribution in [3.63, 3.8) is 0 Å². The van der Waals surface area contributed by atoms with E-state index >= 15 is 0 Å². The Morgan fingerprint density at radius 3 is 2.55 bits per heavy atom. The molecule has 0 aliphatic carbocycles. The largest absolute Gasteiger partial charge is 0.218 e. The van der Waals surface area contributed by atoms with Crippen molar-refractivity contribution >= 4 is 11.8 Å². The molecule has 1 heterocycles. The SMILES string of the molecule is N#Cc1ccccc1Sc1nnnn1-c1ccccc1. The molecule has 0 atom stereocenters. The van der Waals surface area contributed by atoms with Crippen LogP contribution in [-0.2, 0) is 0 Å². The minimum Gasteiger partial charge on any atom is -0.192 e. The Kier molecular flexibility index (Phi) is 3.44. The average Bonchev–Trinajstić information content (AvgIpc) is 2.97. The van der Waals surface area contributed by atoms with Gasteiger partial charge in [-0.1, -0.05) is 30.3 Å². The molecule has 0 aliphatic rings. The molecule has 0 saturated carbocycles. The first kappa shape index (κ1) is 12.4. The van der Waals surface area contributed by atoms with Crippen molar-refractivity contribution in [2.24, 2.45) is 0 Å². The van der Waals surface area contributed by atoms with Gasteiger partial charge in [-0.05, 0) is 46.5 Å². The predicted molar refractivity (Wildman–Crippen MR) is 74.4 cm³/mol. The molecule has 0 radical (unpaired) electrons. The van der Waals surface area contributed by atoms with Gasteiger partial charge in [-0.15, -0.1) is 5.10 Å². The molecule has 0 aliphatic heterocycles. The second kappa shape index (κ2) is 5.55. The molecule has 1 aromatic heterocycles. The minimum atomic E-state index is 0.611. The number of aromatic nitrogens is 4. The Morgan fingerprint density at radius 1 is 1.00 bits per heavy atom. The summed E-state index contributed by atoms with van der Waals surface area (Å²) in [7, 11) is 0. The number of hydrogen-bond donors (Lipinski definition) is 0. The Labute approximate surface area is 119 Å². The van der Waals surface area contributed by atoms with E-state index < -0.39 is 0 Å². The molecule has 6 heteroatoms. The topological polar surface area (TPSA) is 67.4 Å². The zero-order valence-corrected chi connectivity index (χ0v) is 11.2. The summed E-state index contributed by atoms with van der Waals surface area (Å²) in [5.41, 5.74) is 1.49. The van der Waals surface area contributed by atoms with Crippen LogP contribution in [0.1, 0.15) is 5.56 Å². The fourth-order valence-electron chi connectivity index (χ4n) is 1.72.